The molecule has 152 valence electrons. The van der Waals surface area contributed by atoms with Gasteiger partial charge in [0.25, 0.3) is 5.56 Å². The predicted molar refractivity (Wildman–Crippen MR) is 113 cm³/mol. The van der Waals surface area contributed by atoms with Crippen LogP contribution in [-0.4, -0.2) is 20.9 Å². The van der Waals surface area contributed by atoms with Gasteiger partial charge in [-0.1, -0.05) is 32.0 Å². The van der Waals surface area contributed by atoms with Gasteiger partial charge in [-0.05, 0) is 47.7 Å². The maximum atomic E-state index is 13.0. The second kappa shape index (κ2) is 7.26. The summed E-state index contributed by atoms with van der Waals surface area (Å²) in [6.45, 7) is 6.05. The zero-order valence-corrected chi connectivity index (χ0v) is 16.8. The van der Waals surface area contributed by atoms with E-state index in [1.165, 1.54) is 6.07 Å². The molecule has 0 radical (unpaired) electrons. The average Bonchev–Trinajstić information content (AvgIpc) is 2.69. The van der Waals surface area contributed by atoms with Gasteiger partial charge in [-0.25, -0.2) is 14.3 Å². The van der Waals surface area contributed by atoms with E-state index in [1.54, 1.807) is 24.3 Å². The Morgan fingerprint density at radius 3 is 2.47 bits per heavy atom. The van der Waals surface area contributed by atoms with E-state index in [4.69, 9.17) is 4.42 Å². The standard InChI is InChI=1S/C23H20N2O5/c1-12(2)17-10-18-14(9-20(26)30-19(18)8-13(17)3)11-25-22(27)16-7-5-4-6-15(16)21(24-25)23(28)29/h4-10,12H,11H2,1-3H3,(H,28,29). The van der Waals surface area contributed by atoms with Gasteiger partial charge in [-0.2, -0.15) is 5.10 Å². The molecule has 7 nitrogen and oxygen atoms in total. The third-order valence-corrected chi connectivity index (χ3v) is 5.23. The summed E-state index contributed by atoms with van der Waals surface area (Å²) in [5.41, 5.74) is 1.90. The molecule has 2 aromatic carbocycles. The Hall–Kier alpha value is -3.74. The van der Waals surface area contributed by atoms with E-state index in [0.717, 1.165) is 15.8 Å². The molecule has 4 aromatic rings. The number of aromatic carboxylic acids is 1. The largest absolute Gasteiger partial charge is 0.476 e. The summed E-state index contributed by atoms with van der Waals surface area (Å²) in [6.07, 6.45) is 0. The van der Waals surface area contributed by atoms with Gasteiger partial charge in [0.15, 0.2) is 5.69 Å². The van der Waals surface area contributed by atoms with E-state index in [2.05, 4.69) is 18.9 Å². The molecule has 0 aliphatic carbocycles. The molecule has 30 heavy (non-hydrogen) atoms. The van der Waals surface area contributed by atoms with E-state index >= 15 is 0 Å². The highest BCUT2D eigenvalue weighted by Gasteiger charge is 2.17. The third-order valence-electron chi connectivity index (χ3n) is 5.23. The van der Waals surface area contributed by atoms with Crippen molar-refractivity contribution in [3.63, 3.8) is 0 Å². The Kier molecular flexibility index (Phi) is 4.73. The summed E-state index contributed by atoms with van der Waals surface area (Å²) in [5.74, 6) is -0.968. The lowest BCUT2D eigenvalue weighted by atomic mass is 9.95. The first kappa shape index (κ1) is 19.6. The van der Waals surface area contributed by atoms with Gasteiger partial charge in [0, 0.05) is 16.8 Å². The van der Waals surface area contributed by atoms with Crippen LogP contribution in [0.15, 0.2) is 56.5 Å². The first-order chi connectivity index (χ1) is 14.3. The second-order valence-corrected chi connectivity index (χ2v) is 7.61. The minimum absolute atomic E-state index is 0.0490. The molecule has 7 heteroatoms. The Bertz CT molecular complexity index is 1430. The van der Waals surface area contributed by atoms with Crippen molar-refractivity contribution in [1.82, 2.24) is 9.78 Å². The molecule has 2 aromatic heterocycles. The van der Waals surface area contributed by atoms with Crippen LogP contribution in [0.5, 0.6) is 0 Å². The van der Waals surface area contributed by atoms with Crippen LogP contribution < -0.4 is 11.2 Å². The van der Waals surface area contributed by atoms with E-state index in [1.807, 2.05) is 19.1 Å². The van der Waals surface area contributed by atoms with E-state index < -0.39 is 17.2 Å². The van der Waals surface area contributed by atoms with E-state index in [-0.39, 0.29) is 28.9 Å². The first-order valence-corrected chi connectivity index (χ1v) is 9.56. The normalized spacial score (nSPS) is 11.5. The van der Waals surface area contributed by atoms with Gasteiger partial charge in [0.2, 0.25) is 0 Å². The summed E-state index contributed by atoms with van der Waals surface area (Å²) in [4.78, 5) is 36.8. The molecule has 0 aliphatic rings. The number of hydrogen-bond acceptors (Lipinski definition) is 5. The SMILES string of the molecule is Cc1cc2oc(=O)cc(Cn3nc(C(=O)O)c4ccccc4c3=O)c2cc1C(C)C. The van der Waals surface area contributed by atoms with Crippen LogP contribution in [0.3, 0.4) is 0 Å². The highest BCUT2D eigenvalue weighted by molar-refractivity contribution is 6.01. The molecule has 0 atom stereocenters. The molecule has 1 N–H and O–H groups in total. The lowest BCUT2D eigenvalue weighted by molar-refractivity contribution is 0.0690. The van der Waals surface area contributed by atoms with Crippen LogP contribution in [0.25, 0.3) is 21.7 Å². The maximum Gasteiger partial charge on any atom is 0.357 e. The third kappa shape index (κ3) is 3.28. The van der Waals surface area contributed by atoms with Crippen molar-refractivity contribution in [2.24, 2.45) is 0 Å². The van der Waals surface area contributed by atoms with Crippen LogP contribution in [0.4, 0.5) is 0 Å². The van der Waals surface area contributed by atoms with Crippen molar-refractivity contribution < 1.29 is 14.3 Å². The summed E-state index contributed by atoms with van der Waals surface area (Å²) in [7, 11) is 0. The van der Waals surface area contributed by atoms with Crippen molar-refractivity contribution in [2.75, 3.05) is 0 Å². The molecule has 4 rings (SSSR count). The number of rotatable bonds is 4. The molecule has 0 bridgehead atoms. The summed E-state index contributed by atoms with van der Waals surface area (Å²) in [5, 5.41) is 14.9. The molecule has 0 unspecified atom stereocenters. The number of carboxylic acid groups (broad SMARTS) is 1. The second-order valence-electron chi connectivity index (χ2n) is 7.61. The fourth-order valence-electron chi connectivity index (χ4n) is 3.81. The van der Waals surface area contributed by atoms with E-state index in [0.29, 0.717) is 16.5 Å². The highest BCUT2D eigenvalue weighted by atomic mass is 16.4. The Balaban J connectivity index is 1.97. The molecule has 0 spiro atoms. The number of hydrogen-bond donors (Lipinski definition) is 1. The minimum Gasteiger partial charge on any atom is -0.476 e. The number of aryl methyl sites for hydroxylation is 1. The molecule has 0 saturated heterocycles. The zero-order chi connectivity index (χ0) is 21.6. The topological polar surface area (TPSA) is 102 Å². The summed E-state index contributed by atoms with van der Waals surface area (Å²) >= 11 is 0. The van der Waals surface area contributed by atoms with Crippen molar-refractivity contribution >= 4 is 27.7 Å². The minimum atomic E-state index is -1.23. The quantitative estimate of drug-likeness (QED) is 0.521. The molecular formula is C23H20N2O5. The van der Waals surface area contributed by atoms with Crippen LogP contribution in [0, 0.1) is 6.92 Å². The van der Waals surface area contributed by atoms with Crippen LogP contribution in [0.2, 0.25) is 0 Å². The molecule has 0 fully saturated rings. The van der Waals surface area contributed by atoms with Crippen molar-refractivity contribution in [2.45, 2.75) is 33.2 Å². The zero-order valence-electron chi connectivity index (χ0n) is 16.8. The van der Waals surface area contributed by atoms with Crippen molar-refractivity contribution in [1.29, 1.82) is 0 Å². The number of nitrogens with zero attached hydrogens (tertiary/aromatic N) is 2. The number of aromatic nitrogens is 2. The number of carbonyl (C=O) groups is 1. The number of fused-ring (bicyclic) bond motifs is 2. The number of benzene rings is 2. The van der Waals surface area contributed by atoms with Gasteiger partial charge in [0.1, 0.15) is 5.58 Å². The van der Waals surface area contributed by atoms with Crippen molar-refractivity contribution in [3.05, 3.63) is 85.6 Å². The van der Waals surface area contributed by atoms with Gasteiger partial charge >= 0.3 is 11.6 Å². The predicted octanol–water partition coefficient (Wildman–Crippen LogP) is 3.68. The summed E-state index contributed by atoms with van der Waals surface area (Å²) in [6, 6.07) is 11.6. The van der Waals surface area contributed by atoms with Crippen LogP contribution in [-0.2, 0) is 6.54 Å². The monoisotopic (exact) mass is 404 g/mol. The first-order valence-electron chi connectivity index (χ1n) is 9.56. The maximum absolute atomic E-state index is 13.0. The molecule has 0 aliphatic heterocycles. The molecule has 2 heterocycles. The highest BCUT2D eigenvalue weighted by Crippen LogP contribution is 2.27. The van der Waals surface area contributed by atoms with Crippen LogP contribution >= 0.6 is 0 Å². The molecule has 0 amide bonds. The van der Waals surface area contributed by atoms with Gasteiger partial charge in [-0.15, -0.1) is 0 Å². The van der Waals surface area contributed by atoms with E-state index in [9.17, 15) is 19.5 Å². The Labute approximate surface area is 171 Å². The molecular weight excluding hydrogens is 384 g/mol. The fourth-order valence-corrected chi connectivity index (χ4v) is 3.81. The Morgan fingerprint density at radius 2 is 1.80 bits per heavy atom. The molecule has 0 saturated carbocycles. The van der Waals surface area contributed by atoms with Crippen molar-refractivity contribution in [3.8, 4) is 0 Å². The average molecular weight is 404 g/mol. The lowest BCUT2D eigenvalue weighted by Gasteiger charge is -2.14. The van der Waals surface area contributed by atoms with Gasteiger partial charge in [-0.3, -0.25) is 4.79 Å². The Morgan fingerprint density at radius 1 is 1.10 bits per heavy atom. The summed E-state index contributed by atoms with van der Waals surface area (Å²) < 4.78 is 6.45. The van der Waals surface area contributed by atoms with Crippen LogP contribution in [0.1, 0.15) is 46.9 Å². The lowest BCUT2D eigenvalue weighted by Crippen LogP contribution is -2.27. The fraction of sp³-hybridized carbons (Fsp3) is 0.217. The smallest absolute Gasteiger partial charge is 0.357 e. The number of carboxylic acids is 1. The van der Waals surface area contributed by atoms with Gasteiger partial charge < -0.3 is 9.52 Å². The van der Waals surface area contributed by atoms with Gasteiger partial charge in [0.05, 0.1) is 11.9 Å².